The second-order valence-corrected chi connectivity index (χ2v) is 6.43. The van der Waals surface area contributed by atoms with Gasteiger partial charge in [-0.15, -0.1) is 0 Å². The summed E-state index contributed by atoms with van der Waals surface area (Å²) in [7, 11) is -3.15. The Morgan fingerprint density at radius 3 is 2.90 bits per heavy atom. The van der Waals surface area contributed by atoms with E-state index in [1.807, 2.05) is 30.5 Å². The third kappa shape index (κ3) is 4.00. The maximum Gasteiger partial charge on any atom is 0.212 e. The molecule has 6 heteroatoms. The quantitative estimate of drug-likeness (QED) is 0.754. The highest BCUT2D eigenvalue weighted by Gasteiger charge is 2.07. The van der Waals surface area contributed by atoms with Gasteiger partial charge in [0, 0.05) is 37.4 Å². The second kappa shape index (κ2) is 6.78. The van der Waals surface area contributed by atoms with Crippen LogP contribution in [0.1, 0.15) is 12.5 Å². The van der Waals surface area contributed by atoms with Gasteiger partial charge in [-0.2, -0.15) is 0 Å². The highest BCUT2D eigenvalue weighted by molar-refractivity contribution is 7.89. The Bertz CT molecular complexity index is 666. The van der Waals surface area contributed by atoms with Crippen LogP contribution in [0.15, 0.2) is 36.7 Å². The predicted molar refractivity (Wildman–Crippen MR) is 80.9 cm³/mol. The van der Waals surface area contributed by atoms with Crippen LogP contribution in [0.3, 0.4) is 0 Å². The van der Waals surface area contributed by atoms with Crippen LogP contribution < -0.4 is 10.0 Å². The van der Waals surface area contributed by atoms with Gasteiger partial charge in [0.2, 0.25) is 10.0 Å². The van der Waals surface area contributed by atoms with Gasteiger partial charge in [0.15, 0.2) is 0 Å². The van der Waals surface area contributed by atoms with Crippen LogP contribution in [0.5, 0.6) is 0 Å². The summed E-state index contributed by atoms with van der Waals surface area (Å²) in [6.07, 6.45) is 3.59. The minimum atomic E-state index is -3.15. The lowest BCUT2D eigenvalue weighted by atomic mass is 10.1. The Morgan fingerprint density at radius 1 is 1.25 bits per heavy atom. The van der Waals surface area contributed by atoms with Crippen molar-refractivity contribution in [1.29, 1.82) is 0 Å². The van der Waals surface area contributed by atoms with Gasteiger partial charge in [-0.1, -0.05) is 25.1 Å². The van der Waals surface area contributed by atoms with Crippen LogP contribution in [0, 0.1) is 0 Å². The summed E-state index contributed by atoms with van der Waals surface area (Å²) in [5, 5.41) is 5.40. The van der Waals surface area contributed by atoms with Crippen molar-refractivity contribution in [3.05, 3.63) is 42.2 Å². The molecule has 2 N–H and O–H groups in total. The van der Waals surface area contributed by atoms with Crippen molar-refractivity contribution in [1.82, 2.24) is 15.0 Å². The molecule has 0 radical (unpaired) electrons. The fourth-order valence-electron chi connectivity index (χ4n) is 2.07. The number of benzene rings is 1. The molecule has 0 atom stereocenters. The summed E-state index contributed by atoms with van der Waals surface area (Å²) in [4.78, 5) is 4.10. The zero-order chi connectivity index (χ0) is 14.4. The number of fused-ring (bicyclic) bond motifs is 1. The van der Waals surface area contributed by atoms with E-state index in [1.54, 1.807) is 13.1 Å². The zero-order valence-corrected chi connectivity index (χ0v) is 12.3. The summed E-state index contributed by atoms with van der Waals surface area (Å²) >= 11 is 0. The van der Waals surface area contributed by atoms with Crippen molar-refractivity contribution in [2.45, 2.75) is 13.5 Å². The number of sulfonamides is 1. The fourth-order valence-corrected chi connectivity index (χ4v) is 3.06. The van der Waals surface area contributed by atoms with Crippen molar-refractivity contribution in [2.24, 2.45) is 0 Å². The van der Waals surface area contributed by atoms with E-state index in [0.29, 0.717) is 19.6 Å². The van der Waals surface area contributed by atoms with Gasteiger partial charge < -0.3 is 5.32 Å². The number of hydrogen-bond acceptors (Lipinski definition) is 4. The average Bonchev–Trinajstić information content (AvgIpc) is 2.43. The predicted octanol–water partition coefficient (Wildman–Crippen LogP) is 1.26. The van der Waals surface area contributed by atoms with Gasteiger partial charge in [-0.25, -0.2) is 13.1 Å². The SMILES string of the molecule is CCNS(=O)(=O)CCNCc1cccc2cnccc12. The number of hydrogen-bond donors (Lipinski definition) is 2. The first kappa shape index (κ1) is 14.9. The zero-order valence-electron chi connectivity index (χ0n) is 11.5. The molecule has 0 aliphatic heterocycles. The average molecular weight is 293 g/mol. The summed E-state index contributed by atoms with van der Waals surface area (Å²) < 4.78 is 25.5. The normalized spacial score (nSPS) is 11.8. The Hall–Kier alpha value is -1.50. The van der Waals surface area contributed by atoms with E-state index in [1.165, 1.54) is 0 Å². The molecule has 0 spiro atoms. The lowest BCUT2D eigenvalue weighted by molar-refractivity contribution is 0.579. The molecule has 1 aromatic carbocycles. The number of aromatic nitrogens is 1. The van der Waals surface area contributed by atoms with Crippen molar-refractivity contribution in [3.63, 3.8) is 0 Å². The fraction of sp³-hybridized carbons (Fsp3) is 0.357. The van der Waals surface area contributed by atoms with Crippen molar-refractivity contribution >= 4 is 20.8 Å². The molecular weight excluding hydrogens is 274 g/mol. The van der Waals surface area contributed by atoms with Crippen molar-refractivity contribution < 1.29 is 8.42 Å². The lowest BCUT2D eigenvalue weighted by Crippen LogP contribution is -2.31. The molecule has 0 saturated heterocycles. The van der Waals surface area contributed by atoms with Crippen molar-refractivity contribution in [2.75, 3.05) is 18.8 Å². The molecule has 1 aromatic heterocycles. The van der Waals surface area contributed by atoms with Crippen LogP contribution in [-0.4, -0.2) is 32.2 Å². The van der Waals surface area contributed by atoms with E-state index >= 15 is 0 Å². The molecule has 20 heavy (non-hydrogen) atoms. The largest absolute Gasteiger partial charge is 0.312 e. The number of pyridine rings is 1. The van der Waals surface area contributed by atoms with Crippen LogP contribution in [0.2, 0.25) is 0 Å². The van der Waals surface area contributed by atoms with Crippen LogP contribution in [-0.2, 0) is 16.6 Å². The number of nitrogens with one attached hydrogen (secondary N) is 2. The third-order valence-corrected chi connectivity index (χ3v) is 4.47. The standard InChI is InChI=1S/C14H19N3O2S/c1-2-17-20(18,19)9-8-16-11-13-5-3-4-12-10-15-7-6-14(12)13/h3-7,10,16-17H,2,8-9,11H2,1H3. The van der Waals surface area contributed by atoms with E-state index in [0.717, 1.165) is 16.3 Å². The van der Waals surface area contributed by atoms with Gasteiger partial charge in [-0.3, -0.25) is 4.98 Å². The molecule has 5 nitrogen and oxygen atoms in total. The Labute approximate surface area is 119 Å². The van der Waals surface area contributed by atoms with Crippen molar-refractivity contribution in [3.8, 4) is 0 Å². The van der Waals surface area contributed by atoms with Gasteiger partial charge in [0.1, 0.15) is 0 Å². The first-order valence-electron chi connectivity index (χ1n) is 6.62. The molecule has 0 aliphatic rings. The Morgan fingerprint density at radius 2 is 2.10 bits per heavy atom. The molecule has 0 amide bonds. The highest BCUT2D eigenvalue weighted by Crippen LogP contribution is 2.16. The van der Waals surface area contributed by atoms with Gasteiger partial charge >= 0.3 is 0 Å². The molecule has 0 saturated carbocycles. The molecule has 1 heterocycles. The van der Waals surface area contributed by atoms with E-state index < -0.39 is 10.0 Å². The molecule has 0 aliphatic carbocycles. The number of rotatable bonds is 7. The third-order valence-electron chi connectivity index (χ3n) is 3.00. The summed E-state index contributed by atoms with van der Waals surface area (Å²) in [5.41, 5.74) is 1.14. The summed E-state index contributed by atoms with van der Waals surface area (Å²) in [5.74, 6) is 0.0904. The van der Waals surface area contributed by atoms with Crippen LogP contribution in [0.4, 0.5) is 0 Å². The second-order valence-electron chi connectivity index (χ2n) is 4.51. The lowest BCUT2D eigenvalue weighted by Gasteiger charge is -2.08. The molecule has 108 valence electrons. The first-order valence-corrected chi connectivity index (χ1v) is 8.27. The Balaban J connectivity index is 1.94. The highest BCUT2D eigenvalue weighted by atomic mass is 32.2. The minimum Gasteiger partial charge on any atom is -0.312 e. The topological polar surface area (TPSA) is 71.1 Å². The molecule has 2 rings (SSSR count). The van der Waals surface area contributed by atoms with Gasteiger partial charge in [0.05, 0.1) is 5.75 Å². The van der Waals surface area contributed by atoms with E-state index in [9.17, 15) is 8.42 Å². The maximum atomic E-state index is 11.5. The van der Waals surface area contributed by atoms with E-state index in [-0.39, 0.29) is 5.75 Å². The maximum absolute atomic E-state index is 11.5. The molecule has 0 fully saturated rings. The molecule has 0 bridgehead atoms. The summed E-state index contributed by atoms with van der Waals surface area (Å²) in [6, 6.07) is 8.01. The molecule has 2 aromatic rings. The van der Waals surface area contributed by atoms with E-state index in [2.05, 4.69) is 15.0 Å². The Kier molecular flexibility index (Phi) is 5.05. The van der Waals surface area contributed by atoms with Gasteiger partial charge in [0.25, 0.3) is 0 Å². The summed E-state index contributed by atoms with van der Waals surface area (Å²) in [6.45, 7) is 3.27. The first-order chi connectivity index (χ1) is 9.62. The number of nitrogens with zero attached hydrogens (tertiary/aromatic N) is 1. The van der Waals surface area contributed by atoms with Gasteiger partial charge in [-0.05, 0) is 17.0 Å². The minimum absolute atomic E-state index is 0.0904. The van der Waals surface area contributed by atoms with Crippen LogP contribution >= 0.6 is 0 Å². The van der Waals surface area contributed by atoms with E-state index in [4.69, 9.17) is 0 Å². The molecular formula is C14H19N3O2S. The molecule has 0 unspecified atom stereocenters. The monoisotopic (exact) mass is 293 g/mol. The smallest absolute Gasteiger partial charge is 0.212 e. The van der Waals surface area contributed by atoms with Crippen LogP contribution in [0.25, 0.3) is 10.8 Å².